The average molecular weight is 382 g/mol. The van der Waals surface area contributed by atoms with Gasteiger partial charge in [-0.1, -0.05) is 6.92 Å². The standard InChI is InChI=1S/C14H30N4.HI/c1-12-7-6-10-18(11-12)13(15-5)16-8-9-17-14(2,3)4;/h12,17H,6-11H2,1-5H3,(H,15,16);1H. The molecule has 1 aliphatic heterocycles. The van der Waals surface area contributed by atoms with E-state index in [4.69, 9.17) is 0 Å². The summed E-state index contributed by atoms with van der Waals surface area (Å²) in [5.74, 6) is 1.84. The van der Waals surface area contributed by atoms with E-state index in [0.29, 0.717) is 0 Å². The van der Waals surface area contributed by atoms with Crippen molar-refractivity contribution in [3.8, 4) is 0 Å². The summed E-state index contributed by atoms with van der Waals surface area (Å²) in [7, 11) is 1.87. The van der Waals surface area contributed by atoms with Crippen molar-refractivity contribution >= 4 is 29.9 Å². The van der Waals surface area contributed by atoms with Gasteiger partial charge in [-0.3, -0.25) is 4.99 Å². The molecule has 0 radical (unpaired) electrons. The number of hydrogen-bond donors (Lipinski definition) is 2. The van der Waals surface area contributed by atoms with Crippen molar-refractivity contribution in [2.75, 3.05) is 33.2 Å². The van der Waals surface area contributed by atoms with Gasteiger partial charge in [0.25, 0.3) is 0 Å². The van der Waals surface area contributed by atoms with Crippen LogP contribution in [0.25, 0.3) is 0 Å². The first-order valence-corrected chi connectivity index (χ1v) is 7.13. The molecule has 19 heavy (non-hydrogen) atoms. The number of aliphatic imine (C=N–C) groups is 1. The van der Waals surface area contributed by atoms with E-state index < -0.39 is 0 Å². The Morgan fingerprint density at radius 3 is 2.53 bits per heavy atom. The molecule has 1 fully saturated rings. The Hall–Kier alpha value is -0.0400. The fraction of sp³-hybridized carbons (Fsp3) is 0.929. The van der Waals surface area contributed by atoms with E-state index in [1.165, 1.54) is 12.8 Å². The third kappa shape index (κ3) is 7.97. The van der Waals surface area contributed by atoms with Crippen LogP contribution in [0.4, 0.5) is 0 Å². The number of likely N-dealkylation sites (tertiary alicyclic amines) is 1. The lowest BCUT2D eigenvalue weighted by molar-refractivity contribution is 0.266. The minimum absolute atomic E-state index is 0. The normalized spacial score (nSPS) is 21.0. The highest BCUT2D eigenvalue weighted by atomic mass is 127. The van der Waals surface area contributed by atoms with Gasteiger partial charge in [-0.2, -0.15) is 0 Å². The molecule has 0 saturated carbocycles. The fourth-order valence-electron chi connectivity index (χ4n) is 2.33. The van der Waals surface area contributed by atoms with Gasteiger partial charge < -0.3 is 15.5 Å². The number of hydrogen-bond acceptors (Lipinski definition) is 2. The smallest absolute Gasteiger partial charge is 0.193 e. The number of rotatable bonds is 3. The van der Waals surface area contributed by atoms with E-state index in [-0.39, 0.29) is 29.5 Å². The van der Waals surface area contributed by atoms with Crippen LogP contribution >= 0.6 is 24.0 Å². The van der Waals surface area contributed by atoms with Crippen LogP contribution in [-0.4, -0.2) is 49.6 Å². The Morgan fingerprint density at radius 2 is 2.00 bits per heavy atom. The van der Waals surface area contributed by atoms with Gasteiger partial charge in [0, 0.05) is 38.8 Å². The molecule has 5 heteroatoms. The van der Waals surface area contributed by atoms with Crippen molar-refractivity contribution in [2.45, 2.75) is 46.1 Å². The first-order valence-electron chi connectivity index (χ1n) is 7.13. The second kappa shape index (κ2) is 9.00. The summed E-state index contributed by atoms with van der Waals surface area (Å²) in [5.41, 5.74) is 0.185. The summed E-state index contributed by atoms with van der Waals surface area (Å²) >= 11 is 0. The zero-order valence-electron chi connectivity index (χ0n) is 13.1. The van der Waals surface area contributed by atoms with Crippen molar-refractivity contribution in [1.82, 2.24) is 15.5 Å². The van der Waals surface area contributed by atoms with Gasteiger partial charge in [0.05, 0.1) is 0 Å². The molecule has 1 heterocycles. The maximum Gasteiger partial charge on any atom is 0.193 e. The maximum absolute atomic E-state index is 4.38. The molecule has 0 aromatic rings. The van der Waals surface area contributed by atoms with Crippen LogP contribution in [0, 0.1) is 5.92 Å². The van der Waals surface area contributed by atoms with Crippen LogP contribution in [0.15, 0.2) is 4.99 Å². The second-order valence-electron chi connectivity index (χ2n) is 6.34. The molecule has 0 aromatic heterocycles. The van der Waals surface area contributed by atoms with Gasteiger partial charge >= 0.3 is 0 Å². The summed E-state index contributed by atoms with van der Waals surface area (Å²) in [6, 6.07) is 0. The first-order chi connectivity index (χ1) is 8.42. The third-order valence-electron chi connectivity index (χ3n) is 3.23. The van der Waals surface area contributed by atoms with E-state index in [1.807, 2.05) is 7.05 Å². The topological polar surface area (TPSA) is 39.7 Å². The molecular weight excluding hydrogens is 351 g/mol. The minimum atomic E-state index is 0. The van der Waals surface area contributed by atoms with Crippen molar-refractivity contribution in [1.29, 1.82) is 0 Å². The average Bonchev–Trinajstić information content (AvgIpc) is 2.27. The monoisotopic (exact) mass is 382 g/mol. The van der Waals surface area contributed by atoms with Crippen molar-refractivity contribution in [3.63, 3.8) is 0 Å². The zero-order chi connectivity index (χ0) is 13.6. The van der Waals surface area contributed by atoms with Gasteiger partial charge in [-0.15, -0.1) is 24.0 Å². The number of halogens is 1. The van der Waals surface area contributed by atoms with Gasteiger partial charge in [0.2, 0.25) is 0 Å². The lowest BCUT2D eigenvalue weighted by Gasteiger charge is -2.33. The molecule has 0 amide bonds. The minimum Gasteiger partial charge on any atom is -0.355 e. The molecule has 1 unspecified atom stereocenters. The van der Waals surface area contributed by atoms with Crippen LogP contribution in [-0.2, 0) is 0 Å². The Balaban J connectivity index is 0.00000324. The van der Waals surface area contributed by atoms with Crippen molar-refractivity contribution in [2.24, 2.45) is 10.9 Å². The number of nitrogens with one attached hydrogen (secondary N) is 2. The molecule has 1 rings (SSSR count). The number of nitrogens with zero attached hydrogens (tertiary/aromatic N) is 2. The fourth-order valence-corrected chi connectivity index (χ4v) is 2.33. The highest BCUT2D eigenvalue weighted by Crippen LogP contribution is 2.15. The highest BCUT2D eigenvalue weighted by molar-refractivity contribution is 14.0. The largest absolute Gasteiger partial charge is 0.355 e. The lowest BCUT2D eigenvalue weighted by atomic mass is 10.0. The van der Waals surface area contributed by atoms with Crippen LogP contribution in [0.3, 0.4) is 0 Å². The van der Waals surface area contributed by atoms with Gasteiger partial charge in [-0.05, 0) is 39.5 Å². The summed E-state index contributed by atoms with van der Waals surface area (Å²) in [6.07, 6.45) is 2.63. The summed E-state index contributed by atoms with van der Waals surface area (Å²) in [6.45, 7) is 13.0. The molecular formula is C14H31IN4. The number of piperidine rings is 1. The quantitative estimate of drug-likeness (QED) is 0.341. The molecule has 1 atom stereocenters. The van der Waals surface area contributed by atoms with E-state index in [9.17, 15) is 0 Å². The third-order valence-corrected chi connectivity index (χ3v) is 3.23. The van der Waals surface area contributed by atoms with Crippen molar-refractivity contribution < 1.29 is 0 Å². The van der Waals surface area contributed by atoms with E-state index in [2.05, 4.69) is 48.2 Å². The molecule has 0 aromatic carbocycles. The molecule has 0 aliphatic carbocycles. The van der Waals surface area contributed by atoms with Gasteiger partial charge in [0.1, 0.15) is 0 Å². The second-order valence-corrected chi connectivity index (χ2v) is 6.34. The summed E-state index contributed by atoms with van der Waals surface area (Å²) < 4.78 is 0. The molecule has 0 spiro atoms. The molecule has 4 nitrogen and oxygen atoms in total. The zero-order valence-corrected chi connectivity index (χ0v) is 15.5. The first kappa shape index (κ1) is 19.0. The Kier molecular flexibility index (Phi) is 8.98. The van der Waals surface area contributed by atoms with Crippen LogP contribution in [0.1, 0.15) is 40.5 Å². The Bertz CT molecular complexity index is 273. The van der Waals surface area contributed by atoms with E-state index in [1.54, 1.807) is 0 Å². The Morgan fingerprint density at radius 1 is 1.32 bits per heavy atom. The summed E-state index contributed by atoms with van der Waals surface area (Å²) in [4.78, 5) is 6.76. The maximum atomic E-state index is 4.38. The van der Waals surface area contributed by atoms with E-state index >= 15 is 0 Å². The molecule has 1 aliphatic rings. The Labute approximate surface area is 135 Å². The molecule has 2 N–H and O–H groups in total. The highest BCUT2D eigenvalue weighted by Gasteiger charge is 2.18. The van der Waals surface area contributed by atoms with Crippen LogP contribution in [0.5, 0.6) is 0 Å². The van der Waals surface area contributed by atoms with Crippen LogP contribution < -0.4 is 10.6 Å². The van der Waals surface area contributed by atoms with Crippen molar-refractivity contribution in [3.05, 3.63) is 0 Å². The van der Waals surface area contributed by atoms with Crippen LogP contribution in [0.2, 0.25) is 0 Å². The predicted molar refractivity (Wildman–Crippen MR) is 94.5 cm³/mol. The molecule has 114 valence electrons. The summed E-state index contributed by atoms with van der Waals surface area (Å²) in [5, 5.41) is 6.92. The molecule has 1 saturated heterocycles. The lowest BCUT2D eigenvalue weighted by Crippen LogP contribution is -2.48. The number of guanidine groups is 1. The predicted octanol–water partition coefficient (Wildman–Crippen LogP) is 2.30. The van der Waals surface area contributed by atoms with Gasteiger partial charge in [0.15, 0.2) is 5.96 Å². The molecule has 0 bridgehead atoms. The van der Waals surface area contributed by atoms with E-state index in [0.717, 1.165) is 38.1 Å². The SMILES string of the molecule is CN=C(NCCNC(C)(C)C)N1CCCC(C)C1.I. The van der Waals surface area contributed by atoms with Gasteiger partial charge in [-0.25, -0.2) is 0 Å².